The van der Waals surface area contributed by atoms with Crippen LogP contribution in [0, 0.1) is 5.41 Å². The van der Waals surface area contributed by atoms with E-state index in [0.717, 1.165) is 44.2 Å². The number of likely N-dealkylation sites (N-methyl/N-ethyl adjacent to an activating group) is 1. The van der Waals surface area contributed by atoms with Gasteiger partial charge in [0.15, 0.2) is 0 Å². The summed E-state index contributed by atoms with van der Waals surface area (Å²) in [5.74, 6) is 0.222. The van der Waals surface area contributed by atoms with Crippen molar-refractivity contribution in [2.24, 2.45) is 5.41 Å². The van der Waals surface area contributed by atoms with Crippen molar-refractivity contribution in [1.82, 2.24) is 31.7 Å². The summed E-state index contributed by atoms with van der Waals surface area (Å²) in [6.45, 7) is 23.7. The average Bonchev–Trinajstić information content (AvgIpc) is 3.51. The highest BCUT2D eigenvalue weighted by Crippen LogP contribution is 2.34. The Labute approximate surface area is 242 Å². The third-order valence-corrected chi connectivity index (χ3v) is 5.68. The van der Waals surface area contributed by atoms with Crippen LogP contribution in [0.5, 0.6) is 0 Å². The molecule has 0 amide bonds. The minimum atomic E-state index is -0.722. The van der Waals surface area contributed by atoms with Gasteiger partial charge in [0.25, 0.3) is 0 Å². The van der Waals surface area contributed by atoms with Gasteiger partial charge in [-0.25, -0.2) is 0 Å². The number of nitrogens with zero attached hydrogens (tertiary/aromatic N) is 1. The maximum absolute atomic E-state index is 10.3. The fourth-order valence-corrected chi connectivity index (χ4v) is 2.35. The average molecular weight is 561 g/mol. The molecule has 1 heterocycles. The molecule has 1 aliphatic carbocycles. The van der Waals surface area contributed by atoms with Crippen molar-refractivity contribution in [3.63, 3.8) is 0 Å². The molecule has 39 heavy (non-hydrogen) atoms. The van der Waals surface area contributed by atoms with Gasteiger partial charge in [0.2, 0.25) is 0 Å². The van der Waals surface area contributed by atoms with Crippen LogP contribution in [-0.2, 0) is 11.2 Å². The van der Waals surface area contributed by atoms with Crippen LogP contribution in [0.1, 0.15) is 101 Å². The van der Waals surface area contributed by atoms with Crippen molar-refractivity contribution in [3.8, 4) is 0 Å². The Morgan fingerprint density at radius 3 is 1.49 bits per heavy atom. The predicted octanol–water partition coefficient (Wildman–Crippen LogP) is 4.94. The highest BCUT2D eigenvalue weighted by atomic mass is 16.5. The van der Waals surface area contributed by atoms with E-state index in [0.29, 0.717) is 11.0 Å². The molecule has 0 aliphatic heterocycles. The number of carboxylic acids is 1. The smallest absolute Gasteiger partial charge is 0.323 e. The molecule has 0 aromatic carbocycles. The first-order chi connectivity index (χ1) is 18.0. The van der Waals surface area contributed by atoms with E-state index in [1.54, 1.807) is 13.2 Å². The third-order valence-electron chi connectivity index (χ3n) is 5.68. The highest BCUT2D eigenvalue weighted by Gasteiger charge is 2.48. The molecule has 0 bridgehead atoms. The van der Waals surface area contributed by atoms with E-state index in [4.69, 9.17) is 9.63 Å². The minimum Gasteiger partial charge on any atom is -0.480 e. The molecule has 1 aliphatic rings. The zero-order valence-electron chi connectivity index (χ0n) is 28.4. The largest absolute Gasteiger partial charge is 0.480 e. The Hall–Kier alpha value is -1.52. The van der Waals surface area contributed by atoms with Gasteiger partial charge in [-0.15, -0.1) is 0 Å². The Balaban J connectivity index is -0.000000191. The molecule has 9 nitrogen and oxygen atoms in total. The standard InChI is InChI=1S/2C6H15N.C5H9NO2.C5H7NO.C5H13N.C3H9N/c1-6(2,3)5-7-4;1-4-6(5-2)7-3;1-6-5(2-3-5)4(7)8;1-2-5-3-4-6-7-5;1-5(2,3)6-4;1-3-4-2/h7H,5H2,1-4H3;6-7H,4-5H2,1-3H3;6H,2-3H2,1H3,(H,7,8);3-4H,2H2,1H3;6H,1-4H3;4H,3H2,1-2H3. The monoisotopic (exact) mass is 561 g/mol. The van der Waals surface area contributed by atoms with Gasteiger partial charge in [-0.2, -0.15) is 0 Å². The zero-order valence-corrected chi connectivity index (χ0v) is 28.4. The number of aryl methyl sites for hydroxylation is 1. The van der Waals surface area contributed by atoms with Gasteiger partial charge in [-0.1, -0.05) is 53.6 Å². The second kappa shape index (κ2) is 26.7. The fraction of sp³-hybridized carbons (Fsp3) is 0.867. The molecular formula is C30H68N6O3. The van der Waals surface area contributed by atoms with E-state index in [9.17, 15) is 4.79 Å². The molecule has 0 saturated heterocycles. The van der Waals surface area contributed by atoms with Gasteiger partial charge in [0.05, 0.1) is 6.20 Å². The number of carboxylic acid groups (broad SMARTS) is 1. The number of aliphatic carboxylic acids is 1. The minimum absolute atomic E-state index is 0.292. The van der Waals surface area contributed by atoms with Crippen LogP contribution in [0.2, 0.25) is 0 Å². The lowest BCUT2D eigenvalue weighted by Crippen LogP contribution is -2.35. The molecule has 6 N–H and O–H groups in total. The van der Waals surface area contributed by atoms with Gasteiger partial charge < -0.3 is 36.2 Å². The Morgan fingerprint density at radius 1 is 0.974 bits per heavy atom. The van der Waals surface area contributed by atoms with Crippen molar-refractivity contribution < 1.29 is 14.4 Å². The molecule has 0 unspecified atom stereocenters. The third kappa shape index (κ3) is 34.5. The first-order valence-corrected chi connectivity index (χ1v) is 14.5. The number of nitrogens with one attached hydrogen (secondary N) is 5. The normalized spacial score (nSPS) is 12.9. The number of hydrogen-bond acceptors (Lipinski definition) is 8. The molecule has 1 saturated carbocycles. The van der Waals surface area contributed by atoms with Gasteiger partial charge in [0, 0.05) is 24.1 Å². The van der Waals surface area contributed by atoms with Gasteiger partial charge in [0.1, 0.15) is 11.3 Å². The van der Waals surface area contributed by atoms with Crippen LogP contribution in [0.25, 0.3) is 0 Å². The van der Waals surface area contributed by atoms with Crippen molar-refractivity contribution in [3.05, 3.63) is 18.0 Å². The van der Waals surface area contributed by atoms with Crippen LogP contribution in [0.3, 0.4) is 0 Å². The van der Waals surface area contributed by atoms with E-state index in [1.807, 2.05) is 41.2 Å². The van der Waals surface area contributed by atoms with E-state index < -0.39 is 11.5 Å². The summed E-state index contributed by atoms with van der Waals surface area (Å²) in [6.07, 6.45) is 6.62. The summed E-state index contributed by atoms with van der Waals surface area (Å²) in [6, 6.07) is 2.60. The van der Waals surface area contributed by atoms with Gasteiger partial charge in [-0.3, -0.25) is 4.79 Å². The van der Waals surface area contributed by atoms with Crippen LogP contribution >= 0.6 is 0 Å². The zero-order chi connectivity index (χ0) is 31.5. The van der Waals surface area contributed by atoms with Crippen LogP contribution in [-0.4, -0.2) is 81.7 Å². The van der Waals surface area contributed by atoms with E-state index in [-0.39, 0.29) is 0 Å². The molecule has 0 spiro atoms. The number of rotatable bonds is 8. The molecule has 0 radical (unpaired) electrons. The topological polar surface area (TPSA) is 123 Å². The van der Waals surface area contributed by atoms with Crippen LogP contribution in [0.15, 0.2) is 16.8 Å². The SMILES string of the molecule is CCC(CC)NC.CCNC.CCc1ccno1.CNC(C)(C)C.CNC1(C(=O)O)CC1.CNCC(C)(C)C. The molecule has 1 aromatic heterocycles. The number of hydrogen-bond donors (Lipinski definition) is 6. The van der Waals surface area contributed by atoms with E-state index in [2.05, 4.69) is 94.1 Å². The summed E-state index contributed by atoms with van der Waals surface area (Å²) in [5.41, 5.74) is 0.189. The lowest BCUT2D eigenvalue weighted by atomic mass is 9.97. The summed E-state index contributed by atoms with van der Waals surface area (Å²) >= 11 is 0. The van der Waals surface area contributed by atoms with E-state index in [1.165, 1.54) is 12.8 Å². The summed E-state index contributed by atoms with van der Waals surface area (Å²) in [7, 11) is 9.56. The Kier molecular flexibility index (Phi) is 30.5. The predicted molar refractivity (Wildman–Crippen MR) is 170 cm³/mol. The van der Waals surface area contributed by atoms with Crippen molar-refractivity contribution in [1.29, 1.82) is 0 Å². The van der Waals surface area contributed by atoms with Crippen LogP contribution < -0.4 is 26.6 Å². The number of carbonyl (C=O) groups is 1. The van der Waals surface area contributed by atoms with Gasteiger partial charge in [-0.05, 0) is 100 Å². The summed E-state index contributed by atoms with van der Waals surface area (Å²) in [5, 5.41) is 27.1. The number of aromatic nitrogens is 1. The molecule has 1 aromatic rings. The second-order valence-corrected chi connectivity index (χ2v) is 11.6. The molecule has 0 atom stereocenters. The first-order valence-electron chi connectivity index (χ1n) is 14.5. The lowest BCUT2D eigenvalue weighted by molar-refractivity contribution is -0.140. The fourth-order valence-electron chi connectivity index (χ4n) is 2.35. The van der Waals surface area contributed by atoms with Crippen molar-refractivity contribution in [2.45, 2.75) is 118 Å². The molecule has 1 fully saturated rings. The molecule has 9 heteroatoms. The Morgan fingerprint density at radius 2 is 1.44 bits per heavy atom. The van der Waals surface area contributed by atoms with E-state index >= 15 is 0 Å². The summed E-state index contributed by atoms with van der Waals surface area (Å²) in [4.78, 5) is 10.3. The van der Waals surface area contributed by atoms with Crippen molar-refractivity contribution >= 4 is 5.97 Å². The van der Waals surface area contributed by atoms with Crippen LogP contribution in [0.4, 0.5) is 0 Å². The quantitative estimate of drug-likeness (QED) is 0.262. The van der Waals surface area contributed by atoms with Crippen molar-refractivity contribution in [2.75, 3.05) is 48.3 Å². The molecule has 2 rings (SSSR count). The Bertz CT molecular complexity index is 610. The molecule has 236 valence electrons. The van der Waals surface area contributed by atoms with Gasteiger partial charge >= 0.3 is 5.97 Å². The second-order valence-electron chi connectivity index (χ2n) is 11.6. The summed E-state index contributed by atoms with van der Waals surface area (Å²) < 4.78 is 4.73. The first kappa shape index (κ1) is 44.5. The lowest BCUT2D eigenvalue weighted by Gasteiger charge is -2.16. The maximum atomic E-state index is 10.3. The molecular weight excluding hydrogens is 492 g/mol. The highest BCUT2D eigenvalue weighted by molar-refractivity contribution is 5.82. The maximum Gasteiger partial charge on any atom is 0.323 e.